The fourth-order valence-corrected chi connectivity index (χ4v) is 3.12. The average molecular weight is 334 g/mol. The lowest BCUT2D eigenvalue weighted by atomic mass is 10.1. The number of rotatable bonds is 3. The van der Waals surface area contributed by atoms with Gasteiger partial charge in [-0.15, -0.1) is 0 Å². The summed E-state index contributed by atoms with van der Waals surface area (Å²) < 4.78 is 2.66. The summed E-state index contributed by atoms with van der Waals surface area (Å²) in [6.07, 6.45) is 7.37. The summed E-state index contributed by atoms with van der Waals surface area (Å²) in [6.45, 7) is 0. The van der Waals surface area contributed by atoms with Crippen molar-refractivity contribution in [2.45, 2.75) is 25.7 Å². The second-order valence-electron chi connectivity index (χ2n) is 5.20. The van der Waals surface area contributed by atoms with Gasteiger partial charge in [-0.05, 0) is 64.0 Å². The van der Waals surface area contributed by atoms with E-state index in [1.54, 1.807) is 10.9 Å². The second kappa shape index (κ2) is 5.40. The van der Waals surface area contributed by atoms with Crippen LogP contribution in [0.15, 0.2) is 29.0 Å². The topological polar surface area (TPSA) is 46.9 Å². The molecule has 1 aliphatic rings. The third-order valence-corrected chi connectivity index (χ3v) is 4.23. The van der Waals surface area contributed by atoms with Gasteiger partial charge in [0, 0.05) is 17.7 Å². The van der Waals surface area contributed by atoms with Crippen molar-refractivity contribution in [2.24, 2.45) is 7.05 Å². The fourth-order valence-electron chi connectivity index (χ4n) is 2.63. The highest BCUT2D eigenvalue weighted by Gasteiger charge is 2.15. The fraction of sp³-hybridized carbons (Fsp3) is 0.333. The van der Waals surface area contributed by atoms with Crippen LogP contribution in [0, 0.1) is 0 Å². The molecule has 0 radical (unpaired) electrons. The molecule has 3 rings (SSSR count). The van der Waals surface area contributed by atoms with Gasteiger partial charge >= 0.3 is 0 Å². The number of fused-ring (bicyclic) bond motifs is 1. The van der Waals surface area contributed by atoms with Gasteiger partial charge in [0.05, 0.1) is 18.3 Å². The van der Waals surface area contributed by atoms with E-state index in [2.05, 4.69) is 38.5 Å². The summed E-state index contributed by atoms with van der Waals surface area (Å²) in [6, 6.07) is 4.22. The molecule has 0 saturated carbocycles. The largest absolute Gasteiger partial charge is 0.325 e. The molecule has 0 unspecified atom stereocenters. The molecule has 0 saturated heterocycles. The number of anilines is 1. The van der Waals surface area contributed by atoms with E-state index in [1.807, 2.05) is 13.2 Å². The number of amides is 1. The Hall–Kier alpha value is -1.62. The Balaban J connectivity index is 1.73. The summed E-state index contributed by atoms with van der Waals surface area (Å²) in [4.78, 5) is 12.1. The van der Waals surface area contributed by atoms with Crippen LogP contribution in [0.1, 0.15) is 23.1 Å². The third-order valence-electron chi connectivity index (χ3n) is 3.58. The molecule has 1 N–H and O–H groups in total. The number of hydrogen-bond acceptors (Lipinski definition) is 2. The van der Waals surface area contributed by atoms with Gasteiger partial charge in [-0.3, -0.25) is 9.48 Å². The molecule has 1 heterocycles. The molecule has 104 valence electrons. The highest BCUT2D eigenvalue weighted by atomic mass is 79.9. The number of benzene rings is 1. The average Bonchev–Trinajstić information content (AvgIpc) is 2.98. The van der Waals surface area contributed by atoms with Crippen LogP contribution in [0.25, 0.3) is 0 Å². The Morgan fingerprint density at radius 3 is 2.85 bits per heavy atom. The van der Waals surface area contributed by atoms with Crippen molar-refractivity contribution in [1.29, 1.82) is 0 Å². The van der Waals surface area contributed by atoms with Crippen molar-refractivity contribution >= 4 is 27.5 Å². The first-order valence-corrected chi connectivity index (χ1v) is 7.50. The molecular weight excluding hydrogens is 318 g/mol. The lowest BCUT2D eigenvalue weighted by Gasteiger charge is -2.09. The molecule has 4 nitrogen and oxygen atoms in total. The maximum atomic E-state index is 12.1. The van der Waals surface area contributed by atoms with E-state index >= 15 is 0 Å². The van der Waals surface area contributed by atoms with Crippen LogP contribution in [0.5, 0.6) is 0 Å². The van der Waals surface area contributed by atoms with Crippen LogP contribution in [-0.2, 0) is 31.1 Å². The van der Waals surface area contributed by atoms with Gasteiger partial charge < -0.3 is 5.32 Å². The van der Waals surface area contributed by atoms with Crippen molar-refractivity contribution in [3.05, 3.63) is 45.7 Å². The van der Waals surface area contributed by atoms with Gasteiger partial charge in [0.15, 0.2) is 0 Å². The van der Waals surface area contributed by atoms with Gasteiger partial charge in [0.25, 0.3) is 0 Å². The molecule has 5 heteroatoms. The van der Waals surface area contributed by atoms with Crippen LogP contribution >= 0.6 is 15.9 Å². The van der Waals surface area contributed by atoms with Crippen LogP contribution in [0.4, 0.5) is 5.69 Å². The van der Waals surface area contributed by atoms with Gasteiger partial charge in [0.2, 0.25) is 5.91 Å². The number of carbonyl (C=O) groups is 1. The maximum absolute atomic E-state index is 12.1. The minimum Gasteiger partial charge on any atom is -0.325 e. The van der Waals surface area contributed by atoms with Gasteiger partial charge in [0.1, 0.15) is 0 Å². The highest BCUT2D eigenvalue weighted by molar-refractivity contribution is 9.10. The molecular formula is C15H16BrN3O. The number of halogens is 1. The van der Waals surface area contributed by atoms with E-state index in [-0.39, 0.29) is 5.91 Å². The van der Waals surface area contributed by atoms with E-state index in [0.717, 1.165) is 28.6 Å². The number of carbonyl (C=O) groups excluding carboxylic acids is 1. The number of aromatic nitrogens is 2. The Morgan fingerprint density at radius 1 is 1.40 bits per heavy atom. The first-order valence-electron chi connectivity index (χ1n) is 6.70. The molecule has 0 bridgehead atoms. The molecule has 0 atom stereocenters. The van der Waals surface area contributed by atoms with E-state index in [1.165, 1.54) is 17.5 Å². The van der Waals surface area contributed by atoms with Crippen LogP contribution in [-0.4, -0.2) is 15.7 Å². The smallest absolute Gasteiger partial charge is 0.228 e. The molecule has 1 aromatic carbocycles. The minimum absolute atomic E-state index is 0.0170. The third kappa shape index (κ3) is 2.77. The van der Waals surface area contributed by atoms with Crippen LogP contribution in [0.3, 0.4) is 0 Å². The molecule has 0 aliphatic heterocycles. The highest BCUT2D eigenvalue weighted by Crippen LogP contribution is 2.31. The summed E-state index contributed by atoms with van der Waals surface area (Å²) in [5, 5.41) is 7.04. The number of hydrogen-bond donors (Lipinski definition) is 1. The summed E-state index contributed by atoms with van der Waals surface area (Å²) >= 11 is 3.54. The standard InChI is InChI=1S/C15H16BrN3O/c1-19-9-10(8-17-19)5-15(20)18-14-7-12-4-2-3-11(12)6-13(14)16/h6-9H,2-5H2,1H3,(H,18,20). The summed E-state index contributed by atoms with van der Waals surface area (Å²) in [7, 11) is 1.85. The van der Waals surface area contributed by atoms with E-state index in [4.69, 9.17) is 0 Å². The quantitative estimate of drug-likeness (QED) is 0.938. The molecule has 1 aromatic heterocycles. The number of nitrogens with one attached hydrogen (secondary N) is 1. The predicted molar refractivity (Wildman–Crippen MR) is 81.7 cm³/mol. The van der Waals surface area contributed by atoms with Gasteiger partial charge in [-0.1, -0.05) is 0 Å². The van der Waals surface area contributed by atoms with Crippen LogP contribution < -0.4 is 5.32 Å². The first-order chi connectivity index (χ1) is 9.61. The van der Waals surface area contributed by atoms with E-state index in [9.17, 15) is 4.79 Å². The molecule has 20 heavy (non-hydrogen) atoms. The Labute approximate surface area is 126 Å². The second-order valence-corrected chi connectivity index (χ2v) is 6.06. The first kappa shape index (κ1) is 13.4. The zero-order valence-electron chi connectivity index (χ0n) is 11.3. The Bertz CT molecular complexity index is 663. The number of nitrogens with zero attached hydrogens (tertiary/aromatic N) is 2. The molecule has 0 fully saturated rings. The van der Waals surface area contributed by atoms with Crippen molar-refractivity contribution in [3.63, 3.8) is 0 Å². The lowest BCUT2D eigenvalue weighted by molar-refractivity contribution is -0.115. The predicted octanol–water partition coefficient (Wildman–Crippen LogP) is 2.85. The van der Waals surface area contributed by atoms with Crippen molar-refractivity contribution in [3.8, 4) is 0 Å². The van der Waals surface area contributed by atoms with Gasteiger partial charge in [-0.25, -0.2) is 0 Å². The monoisotopic (exact) mass is 333 g/mol. The molecule has 1 aliphatic carbocycles. The molecule has 0 spiro atoms. The SMILES string of the molecule is Cn1cc(CC(=O)Nc2cc3c(cc2Br)CCC3)cn1. The Morgan fingerprint density at radius 2 is 2.15 bits per heavy atom. The zero-order valence-corrected chi connectivity index (χ0v) is 12.9. The van der Waals surface area contributed by atoms with Crippen molar-refractivity contribution in [2.75, 3.05) is 5.32 Å². The van der Waals surface area contributed by atoms with Crippen molar-refractivity contribution < 1.29 is 4.79 Å². The van der Waals surface area contributed by atoms with Gasteiger partial charge in [-0.2, -0.15) is 5.10 Å². The summed E-state index contributed by atoms with van der Waals surface area (Å²) in [5.41, 5.74) is 4.52. The van der Waals surface area contributed by atoms with Crippen molar-refractivity contribution in [1.82, 2.24) is 9.78 Å². The van der Waals surface area contributed by atoms with E-state index < -0.39 is 0 Å². The molecule has 2 aromatic rings. The van der Waals surface area contributed by atoms with E-state index in [0.29, 0.717) is 6.42 Å². The zero-order chi connectivity index (χ0) is 14.1. The maximum Gasteiger partial charge on any atom is 0.228 e. The number of aryl methyl sites for hydroxylation is 3. The minimum atomic E-state index is -0.0170. The lowest BCUT2D eigenvalue weighted by Crippen LogP contribution is -2.14. The van der Waals surface area contributed by atoms with Crippen LogP contribution in [0.2, 0.25) is 0 Å². The molecule has 1 amide bonds. The Kier molecular flexibility index (Phi) is 3.61. The summed E-state index contributed by atoms with van der Waals surface area (Å²) in [5.74, 6) is -0.0170. The normalized spacial score (nSPS) is 13.3.